The van der Waals surface area contributed by atoms with Gasteiger partial charge >= 0.3 is 5.97 Å². The molecule has 0 saturated heterocycles. The van der Waals surface area contributed by atoms with Crippen LogP contribution < -0.4 is 4.74 Å². The number of hydrogen-bond donors (Lipinski definition) is 1. The van der Waals surface area contributed by atoms with Crippen molar-refractivity contribution in [3.8, 4) is 22.9 Å². The maximum atomic E-state index is 11.3. The second-order valence-electron chi connectivity index (χ2n) is 5.67. The molecule has 1 N–H and O–H groups in total. The number of thiazole rings is 1. The number of methoxy groups -OCH3 is 1. The van der Waals surface area contributed by atoms with Crippen LogP contribution in [0.25, 0.3) is 11.1 Å². The Balaban J connectivity index is 2.08. The van der Waals surface area contributed by atoms with E-state index in [1.54, 1.807) is 31.5 Å². The summed E-state index contributed by atoms with van der Waals surface area (Å²) >= 11 is 1.44. The molecule has 0 radical (unpaired) electrons. The quantitative estimate of drug-likeness (QED) is 0.705. The van der Waals surface area contributed by atoms with Crippen LogP contribution in [0.4, 0.5) is 0 Å². The van der Waals surface area contributed by atoms with E-state index in [0.717, 1.165) is 21.7 Å². The Hall–Kier alpha value is -3.17. The molecule has 0 aliphatic carbocycles. The molecule has 0 bridgehead atoms. The molecule has 5 nitrogen and oxygen atoms in total. The van der Waals surface area contributed by atoms with Crippen molar-refractivity contribution in [3.05, 3.63) is 70.2 Å². The van der Waals surface area contributed by atoms with E-state index >= 15 is 0 Å². The Morgan fingerprint density at radius 1 is 1.35 bits per heavy atom. The molecule has 0 fully saturated rings. The highest BCUT2D eigenvalue weighted by Crippen LogP contribution is 2.35. The van der Waals surface area contributed by atoms with Gasteiger partial charge in [0.05, 0.1) is 25.2 Å². The van der Waals surface area contributed by atoms with E-state index in [-0.39, 0.29) is 12.3 Å². The van der Waals surface area contributed by atoms with Crippen molar-refractivity contribution in [1.29, 1.82) is 5.26 Å². The first-order valence-corrected chi connectivity index (χ1v) is 8.80. The molecule has 26 heavy (non-hydrogen) atoms. The van der Waals surface area contributed by atoms with Gasteiger partial charge in [-0.15, -0.1) is 11.3 Å². The van der Waals surface area contributed by atoms with Gasteiger partial charge < -0.3 is 9.84 Å². The van der Waals surface area contributed by atoms with E-state index < -0.39 is 5.97 Å². The summed E-state index contributed by atoms with van der Waals surface area (Å²) in [5.41, 5.74) is 3.06. The lowest BCUT2D eigenvalue weighted by atomic mass is 9.92. The molecule has 2 aromatic carbocycles. The molecule has 130 valence electrons. The van der Waals surface area contributed by atoms with E-state index in [9.17, 15) is 15.2 Å². The number of carbonyl (C=O) groups is 1. The minimum Gasteiger partial charge on any atom is -0.496 e. The zero-order valence-corrected chi connectivity index (χ0v) is 14.9. The predicted molar refractivity (Wildman–Crippen MR) is 99.4 cm³/mol. The molecule has 1 unspecified atom stereocenters. The number of rotatable bonds is 6. The van der Waals surface area contributed by atoms with E-state index in [1.165, 1.54) is 11.3 Å². The molecule has 1 aromatic heterocycles. The van der Waals surface area contributed by atoms with Gasteiger partial charge in [0.2, 0.25) is 0 Å². The molecule has 3 aromatic rings. The average molecular weight is 364 g/mol. The summed E-state index contributed by atoms with van der Waals surface area (Å²) in [6.07, 6.45) is 1.64. The average Bonchev–Trinajstić information content (AvgIpc) is 3.20. The van der Waals surface area contributed by atoms with Crippen molar-refractivity contribution >= 4 is 17.3 Å². The number of nitrogens with zero attached hydrogens (tertiary/aromatic N) is 2. The normalized spacial score (nSPS) is 11.5. The highest BCUT2D eigenvalue weighted by molar-refractivity contribution is 7.09. The first kappa shape index (κ1) is 17.6. The van der Waals surface area contributed by atoms with Gasteiger partial charge in [0.25, 0.3) is 0 Å². The molecular weight excluding hydrogens is 348 g/mol. The van der Waals surface area contributed by atoms with Gasteiger partial charge in [0.15, 0.2) is 0 Å². The van der Waals surface area contributed by atoms with Gasteiger partial charge in [0, 0.05) is 23.1 Å². The summed E-state index contributed by atoms with van der Waals surface area (Å²) in [4.78, 5) is 15.6. The monoisotopic (exact) mass is 364 g/mol. The molecule has 6 heteroatoms. The Labute approximate surface area is 155 Å². The Kier molecular flexibility index (Phi) is 5.30. The Morgan fingerprint density at radius 3 is 2.85 bits per heavy atom. The third kappa shape index (κ3) is 3.73. The lowest BCUT2D eigenvalue weighted by Crippen LogP contribution is -2.08. The maximum absolute atomic E-state index is 11.3. The second-order valence-corrected chi connectivity index (χ2v) is 6.60. The first-order valence-electron chi connectivity index (χ1n) is 7.92. The van der Waals surface area contributed by atoms with Crippen molar-refractivity contribution in [2.24, 2.45) is 0 Å². The number of carboxylic acid groups (broad SMARTS) is 1. The van der Waals surface area contributed by atoms with Crippen LogP contribution in [0.2, 0.25) is 0 Å². The minimum absolute atomic E-state index is 0.0354. The largest absolute Gasteiger partial charge is 0.496 e. The van der Waals surface area contributed by atoms with Crippen LogP contribution in [0.1, 0.15) is 28.5 Å². The van der Waals surface area contributed by atoms with Crippen molar-refractivity contribution < 1.29 is 14.6 Å². The van der Waals surface area contributed by atoms with Gasteiger partial charge in [-0.3, -0.25) is 4.79 Å². The van der Waals surface area contributed by atoms with E-state index in [2.05, 4.69) is 11.1 Å². The summed E-state index contributed by atoms with van der Waals surface area (Å²) in [7, 11) is 1.58. The molecule has 3 rings (SSSR count). The summed E-state index contributed by atoms with van der Waals surface area (Å²) in [5, 5.41) is 21.1. The third-order valence-electron chi connectivity index (χ3n) is 4.06. The van der Waals surface area contributed by atoms with Gasteiger partial charge in [0.1, 0.15) is 10.8 Å². The Bertz CT molecular complexity index is 961. The second kappa shape index (κ2) is 7.81. The van der Waals surface area contributed by atoms with Crippen LogP contribution in [-0.4, -0.2) is 23.2 Å². The molecule has 0 spiro atoms. The zero-order chi connectivity index (χ0) is 18.5. The molecule has 0 aliphatic heterocycles. The number of benzene rings is 2. The van der Waals surface area contributed by atoms with Crippen LogP contribution in [0, 0.1) is 11.3 Å². The number of nitriles is 1. The third-order valence-corrected chi connectivity index (χ3v) is 4.95. The topological polar surface area (TPSA) is 83.2 Å². The summed E-state index contributed by atoms with van der Waals surface area (Å²) in [5.74, 6) is -0.539. The summed E-state index contributed by atoms with van der Waals surface area (Å²) < 4.78 is 5.42. The van der Waals surface area contributed by atoms with E-state index in [1.807, 2.05) is 29.6 Å². The van der Waals surface area contributed by atoms with Crippen molar-refractivity contribution in [3.63, 3.8) is 0 Å². The lowest BCUT2D eigenvalue weighted by molar-refractivity contribution is -0.137. The highest BCUT2D eigenvalue weighted by Gasteiger charge is 2.21. The molecule has 0 amide bonds. The van der Waals surface area contributed by atoms with Crippen molar-refractivity contribution in [2.75, 3.05) is 7.11 Å². The van der Waals surface area contributed by atoms with Crippen LogP contribution in [0.5, 0.6) is 5.75 Å². The SMILES string of the molecule is COc1ccc(C#N)cc1-c1cccc(C(CC(=O)O)c2nccs2)c1. The minimum atomic E-state index is -0.875. The molecular formula is C20H16N2O3S. The number of hydrogen-bond acceptors (Lipinski definition) is 5. The lowest BCUT2D eigenvalue weighted by Gasteiger charge is -2.15. The fraction of sp³-hybridized carbons (Fsp3) is 0.150. The molecule has 0 saturated carbocycles. The van der Waals surface area contributed by atoms with Crippen LogP contribution >= 0.6 is 11.3 Å². The predicted octanol–water partition coefficient (Wildman–Crippen LogP) is 4.30. The summed E-state index contributed by atoms with van der Waals surface area (Å²) in [6, 6.07) is 15.0. The molecule has 1 atom stereocenters. The molecule has 1 heterocycles. The van der Waals surface area contributed by atoms with Gasteiger partial charge in [-0.25, -0.2) is 4.98 Å². The Morgan fingerprint density at radius 2 is 2.19 bits per heavy atom. The first-order chi connectivity index (χ1) is 12.6. The number of ether oxygens (including phenoxy) is 1. The number of aromatic nitrogens is 1. The fourth-order valence-electron chi connectivity index (χ4n) is 2.86. The number of carboxylic acids is 1. The fourth-order valence-corrected chi connectivity index (χ4v) is 3.62. The van der Waals surface area contributed by atoms with E-state index in [0.29, 0.717) is 11.3 Å². The van der Waals surface area contributed by atoms with Crippen molar-refractivity contribution in [1.82, 2.24) is 4.98 Å². The van der Waals surface area contributed by atoms with Crippen LogP contribution in [0.15, 0.2) is 54.0 Å². The van der Waals surface area contributed by atoms with Crippen LogP contribution in [0.3, 0.4) is 0 Å². The summed E-state index contributed by atoms with van der Waals surface area (Å²) in [6.45, 7) is 0. The zero-order valence-electron chi connectivity index (χ0n) is 14.0. The van der Waals surface area contributed by atoms with Gasteiger partial charge in [-0.05, 0) is 29.3 Å². The smallest absolute Gasteiger partial charge is 0.304 e. The van der Waals surface area contributed by atoms with Gasteiger partial charge in [-0.1, -0.05) is 24.3 Å². The van der Waals surface area contributed by atoms with E-state index in [4.69, 9.17) is 4.74 Å². The maximum Gasteiger partial charge on any atom is 0.304 e. The molecule has 0 aliphatic rings. The standard InChI is InChI=1S/C20H16N2O3S/c1-25-18-6-5-13(12-21)9-16(18)14-3-2-4-15(10-14)17(11-19(23)24)20-22-7-8-26-20/h2-10,17H,11H2,1H3,(H,23,24). The van der Waals surface area contributed by atoms with Crippen molar-refractivity contribution in [2.45, 2.75) is 12.3 Å². The number of aliphatic carboxylic acids is 1. The van der Waals surface area contributed by atoms with Gasteiger partial charge in [-0.2, -0.15) is 5.26 Å². The highest BCUT2D eigenvalue weighted by atomic mass is 32.1. The van der Waals surface area contributed by atoms with Crippen LogP contribution in [-0.2, 0) is 4.79 Å².